The third-order valence-electron chi connectivity index (χ3n) is 1.13. The van der Waals surface area contributed by atoms with Gasteiger partial charge in [0.05, 0.1) is 5.56 Å². The number of carbonyl (C=O) groups is 1. The van der Waals surface area contributed by atoms with E-state index in [4.69, 9.17) is 23.5 Å². The molecular weight excluding hydrogens is 187 g/mol. The highest BCUT2D eigenvalue weighted by atomic mass is 35.5. The highest BCUT2D eigenvalue weighted by Gasteiger charge is 2.05. The van der Waals surface area contributed by atoms with Crippen LogP contribution in [-0.2, 0) is 4.29 Å². The summed E-state index contributed by atoms with van der Waals surface area (Å²) in [4.78, 5) is 10.8. The fourth-order valence-electron chi connectivity index (χ4n) is 0.660. The summed E-state index contributed by atoms with van der Waals surface area (Å²) in [6, 6.07) is 6.35. The molecule has 0 aromatic heterocycles. The van der Waals surface area contributed by atoms with E-state index in [0.717, 1.165) is 0 Å². The first-order chi connectivity index (χ1) is 5.24. The molecule has 0 bridgehead atoms. The Morgan fingerprint density at radius 1 is 1.45 bits per heavy atom. The SMILES string of the molecule is O=C(OCl)c1cccc(Cl)c1. The molecule has 58 valence electrons. The van der Waals surface area contributed by atoms with E-state index in [-0.39, 0.29) is 0 Å². The van der Waals surface area contributed by atoms with Gasteiger partial charge in [0.15, 0.2) is 0 Å². The van der Waals surface area contributed by atoms with Crippen LogP contribution in [-0.4, -0.2) is 5.97 Å². The van der Waals surface area contributed by atoms with Crippen molar-refractivity contribution in [1.29, 1.82) is 0 Å². The van der Waals surface area contributed by atoms with Crippen LogP contribution in [0.4, 0.5) is 0 Å². The summed E-state index contributed by atoms with van der Waals surface area (Å²) < 4.78 is 3.97. The smallest absolute Gasteiger partial charge is 0.343 e. The Morgan fingerprint density at radius 2 is 2.18 bits per heavy atom. The Hall–Kier alpha value is -0.730. The second kappa shape index (κ2) is 3.60. The molecule has 11 heavy (non-hydrogen) atoms. The van der Waals surface area contributed by atoms with Gasteiger partial charge in [0.25, 0.3) is 0 Å². The van der Waals surface area contributed by atoms with Gasteiger partial charge in [0.1, 0.15) is 11.9 Å². The van der Waals surface area contributed by atoms with Gasteiger partial charge in [-0.1, -0.05) is 17.7 Å². The molecule has 0 N–H and O–H groups in total. The number of hydrogen-bond acceptors (Lipinski definition) is 2. The van der Waals surface area contributed by atoms with Crippen LogP contribution >= 0.6 is 23.5 Å². The van der Waals surface area contributed by atoms with Crippen molar-refractivity contribution in [3.63, 3.8) is 0 Å². The number of halogens is 2. The lowest BCUT2D eigenvalue weighted by Gasteiger charge is -1.95. The van der Waals surface area contributed by atoms with Crippen LogP contribution < -0.4 is 0 Å². The molecule has 0 fully saturated rings. The van der Waals surface area contributed by atoms with Gasteiger partial charge in [0, 0.05) is 5.02 Å². The molecule has 1 aromatic rings. The summed E-state index contributed by atoms with van der Waals surface area (Å²) in [7, 11) is 0. The normalized spacial score (nSPS) is 9.27. The van der Waals surface area contributed by atoms with Crippen molar-refractivity contribution in [2.75, 3.05) is 0 Å². The van der Waals surface area contributed by atoms with E-state index in [1.54, 1.807) is 18.2 Å². The quantitative estimate of drug-likeness (QED) is 0.681. The van der Waals surface area contributed by atoms with Crippen molar-refractivity contribution < 1.29 is 9.08 Å². The van der Waals surface area contributed by atoms with Gasteiger partial charge in [0.2, 0.25) is 0 Å². The maximum Gasteiger partial charge on any atom is 0.356 e. The van der Waals surface area contributed by atoms with E-state index in [0.29, 0.717) is 10.6 Å². The second-order valence-electron chi connectivity index (χ2n) is 1.87. The lowest BCUT2D eigenvalue weighted by molar-refractivity contribution is 0.0751. The molecule has 0 amide bonds. The summed E-state index contributed by atoms with van der Waals surface area (Å²) in [5.74, 6) is -0.603. The molecule has 0 heterocycles. The van der Waals surface area contributed by atoms with Crippen LogP contribution in [0.3, 0.4) is 0 Å². The Balaban J connectivity index is 2.96. The number of hydrogen-bond donors (Lipinski definition) is 0. The molecule has 0 aliphatic rings. The Bertz CT molecular complexity index is 273. The monoisotopic (exact) mass is 190 g/mol. The highest BCUT2D eigenvalue weighted by Crippen LogP contribution is 2.11. The molecule has 0 radical (unpaired) electrons. The van der Waals surface area contributed by atoms with Crippen LogP contribution in [0.15, 0.2) is 24.3 Å². The van der Waals surface area contributed by atoms with Crippen molar-refractivity contribution >= 4 is 29.4 Å². The van der Waals surface area contributed by atoms with Crippen molar-refractivity contribution in [3.8, 4) is 0 Å². The zero-order chi connectivity index (χ0) is 8.27. The molecule has 0 saturated carbocycles. The Labute approximate surface area is 73.9 Å². The predicted octanol–water partition coefficient (Wildman–Crippen LogP) is 2.65. The molecular formula is C7H4Cl2O2. The molecule has 4 heteroatoms. The van der Waals surface area contributed by atoms with Crippen LogP contribution in [0.25, 0.3) is 0 Å². The first-order valence-corrected chi connectivity index (χ1v) is 3.51. The molecule has 0 spiro atoms. The van der Waals surface area contributed by atoms with Gasteiger partial charge in [-0.3, -0.25) is 0 Å². The minimum Gasteiger partial charge on any atom is -0.343 e. The van der Waals surface area contributed by atoms with E-state index < -0.39 is 5.97 Å². The summed E-state index contributed by atoms with van der Waals surface area (Å²) in [6.07, 6.45) is 0. The van der Waals surface area contributed by atoms with Gasteiger partial charge >= 0.3 is 5.97 Å². The van der Waals surface area contributed by atoms with Crippen LogP contribution in [0.2, 0.25) is 5.02 Å². The Kier molecular flexibility index (Phi) is 2.74. The van der Waals surface area contributed by atoms with E-state index in [2.05, 4.69) is 4.29 Å². The number of benzene rings is 1. The van der Waals surface area contributed by atoms with Crippen molar-refractivity contribution in [2.45, 2.75) is 0 Å². The molecule has 0 aliphatic carbocycles. The van der Waals surface area contributed by atoms with Gasteiger partial charge in [-0.15, -0.1) is 0 Å². The van der Waals surface area contributed by atoms with Gasteiger partial charge in [-0.05, 0) is 18.2 Å². The minimum atomic E-state index is -0.603. The van der Waals surface area contributed by atoms with Gasteiger partial charge in [-0.2, -0.15) is 0 Å². The zero-order valence-electron chi connectivity index (χ0n) is 5.38. The average Bonchev–Trinajstić information content (AvgIpc) is 2.03. The fourth-order valence-corrected chi connectivity index (χ4v) is 0.939. The van der Waals surface area contributed by atoms with E-state index in [9.17, 15) is 4.79 Å². The molecule has 2 nitrogen and oxygen atoms in total. The lowest BCUT2D eigenvalue weighted by Crippen LogP contribution is -1.96. The highest BCUT2D eigenvalue weighted by molar-refractivity contribution is 6.31. The maximum absolute atomic E-state index is 10.8. The maximum atomic E-state index is 10.8. The van der Waals surface area contributed by atoms with E-state index in [1.165, 1.54) is 6.07 Å². The van der Waals surface area contributed by atoms with E-state index in [1.807, 2.05) is 0 Å². The molecule has 0 unspecified atom stereocenters. The van der Waals surface area contributed by atoms with Crippen molar-refractivity contribution in [1.82, 2.24) is 0 Å². The van der Waals surface area contributed by atoms with Gasteiger partial charge in [-0.25, -0.2) is 4.79 Å². The van der Waals surface area contributed by atoms with Crippen LogP contribution in [0.5, 0.6) is 0 Å². The fraction of sp³-hybridized carbons (Fsp3) is 0. The number of carbonyl (C=O) groups excluding carboxylic acids is 1. The predicted molar refractivity (Wildman–Crippen MR) is 42.7 cm³/mol. The lowest BCUT2D eigenvalue weighted by atomic mass is 10.2. The van der Waals surface area contributed by atoms with Crippen molar-refractivity contribution in [2.24, 2.45) is 0 Å². The first-order valence-electron chi connectivity index (χ1n) is 2.82. The zero-order valence-corrected chi connectivity index (χ0v) is 6.89. The number of rotatable bonds is 1. The van der Waals surface area contributed by atoms with E-state index >= 15 is 0 Å². The topological polar surface area (TPSA) is 26.3 Å². The summed E-state index contributed by atoms with van der Waals surface area (Å²) in [5, 5.41) is 0.476. The van der Waals surface area contributed by atoms with Crippen LogP contribution in [0.1, 0.15) is 10.4 Å². The Morgan fingerprint density at radius 3 is 2.73 bits per heavy atom. The molecule has 1 rings (SSSR count). The standard InChI is InChI=1S/C7H4Cl2O2/c8-6-3-1-2-5(4-6)7(10)11-9/h1-4H. The molecule has 0 aliphatic heterocycles. The second-order valence-corrected chi connectivity index (χ2v) is 2.47. The molecule has 0 atom stereocenters. The summed E-state index contributed by atoms with van der Waals surface area (Å²) in [5.41, 5.74) is 0.340. The third-order valence-corrected chi connectivity index (χ3v) is 1.51. The van der Waals surface area contributed by atoms with Gasteiger partial charge < -0.3 is 4.29 Å². The minimum absolute atomic E-state index is 0.340. The molecule has 0 saturated heterocycles. The summed E-state index contributed by atoms with van der Waals surface area (Å²) in [6.45, 7) is 0. The first kappa shape index (κ1) is 8.37. The van der Waals surface area contributed by atoms with Crippen LogP contribution in [0, 0.1) is 0 Å². The third kappa shape index (κ3) is 2.10. The largest absolute Gasteiger partial charge is 0.356 e. The molecule has 1 aromatic carbocycles. The average molecular weight is 191 g/mol. The van der Waals surface area contributed by atoms with Crippen molar-refractivity contribution in [3.05, 3.63) is 34.9 Å². The summed E-state index contributed by atoms with van der Waals surface area (Å²) >= 11 is 10.4.